The Morgan fingerprint density at radius 3 is 2.41 bits per heavy atom. The maximum absolute atomic E-state index is 12.9. The molecule has 1 aromatic carbocycles. The minimum atomic E-state index is -0.254. The molecule has 17 heavy (non-hydrogen) atoms. The van der Waals surface area contributed by atoms with Crippen LogP contribution < -0.4 is 5.73 Å². The van der Waals surface area contributed by atoms with Crippen molar-refractivity contribution in [1.29, 1.82) is 0 Å². The van der Waals surface area contributed by atoms with Crippen molar-refractivity contribution in [3.63, 3.8) is 0 Å². The number of aryl methyl sites for hydroxylation is 2. The normalized spacial score (nSPS) is 12.7. The van der Waals surface area contributed by atoms with Crippen LogP contribution in [0.25, 0.3) is 0 Å². The van der Waals surface area contributed by atoms with E-state index in [2.05, 4.69) is 10.1 Å². The van der Waals surface area contributed by atoms with Crippen molar-refractivity contribution < 1.29 is 4.39 Å². The monoisotopic (exact) mass is 234 g/mol. The zero-order chi connectivity index (χ0) is 12.4. The van der Waals surface area contributed by atoms with E-state index in [0.717, 1.165) is 11.4 Å². The largest absolute Gasteiger partial charge is 0.328 e. The molecule has 0 fully saturated rings. The van der Waals surface area contributed by atoms with E-state index in [1.165, 1.54) is 12.1 Å². The summed E-state index contributed by atoms with van der Waals surface area (Å²) in [5, 5.41) is 4.31. The molecule has 4 nitrogen and oxygen atoms in total. The summed E-state index contributed by atoms with van der Waals surface area (Å²) < 4.78 is 14.7. The van der Waals surface area contributed by atoms with Crippen LogP contribution in [0.3, 0.4) is 0 Å². The van der Waals surface area contributed by atoms with Crippen molar-refractivity contribution in [1.82, 2.24) is 14.8 Å². The highest BCUT2D eigenvalue weighted by Gasteiger charge is 2.16. The SMILES string of the molecule is Cc1nc(C)n(C(CN)c2ccc(F)cc2)n1. The molecule has 0 amide bonds. The summed E-state index contributed by atoms with van der Waals surface area (Å²) in [6.07, 6.45) is 0. The quantitative estimate of drug-likeness (QED) is 0.877. The average Bonchev–Trinajstić information content (AvgIpc) is 2.62. The second-order valence-electron chi connectivity index (χ2n) is 3.95. The van der Waals surface area contributed by atoms with Crippen LogP contribution in [0.1, 0.15) is 23.3 Å². The lowest BCUT2D eigenvalue weighted by Crippen LogP contribution is -2.22. The van der Waals surface area contributed by atoms with Crippen molar-refractivity contribution in [2.45, 2.75) is 19.9 Å². The van der Waals surface area contributed by atoms with Gasteiger partial charge in [-0.05, 0) is 31.5 Å². The van der Waals surface area contributed by atoms with E-state index in [1.54, 1.807) is 16.8 Å². The summed E-state index contributed by atoms with van der Waals surface area (Å²) >= 11 is 0. The number of hydrogen-bond acceptors (Lipinski definition) is 3. The Hall–Kier alpha value is -1.75. The molecule has 0 bridgehead atoms. The first-order chi connectivity index (χ1) is 8.11. The van der Waals surface area contributed by atoms with E-state index in [0.29, 0.717) is 12.4 Å². The molecule has 0 aliphatic rings. The summed E-state index contributed by atoms with van der Waals surface area (Å²) in [5.74, 6) is 1.27. The molecule has 5 heteroatoms. The summed E-state index contributed by atoms with van der Waals surface area (Å²) in [6.45, 7) is 4.11. The lowest BCUT2D eigenvalue weighted by atomic mass is 10.1. The topological polar surface area (TPSA) is 56.7 Å². The van der Waals surface area contributed by atoms with Crippen LogP contribution in [0.15, 0.2) is 24.3 Å². The predicted molar refractivity (Wildman–Crippen MR) is 63.1 cm³/mol. The zero-order valence-corrected chi connectivity index (χ0v) is 9.89. The fourth-order valence-corrected chi connectivity index (χ4v) is 1.89. The Balaban J connectivity index is 2.39. The number of hydrogen-bond donors (Lipinski definition) is 1. The molecule has 0 aliphatic heterocycles. The van der Waals surface area contributed by atoms with Gasteiger partial charge in [-0.15, -0.1) is 0 Å². The van der Waals surface area contributed by atoms with Gasteiger partial charge in [0.1, 0.15) is 17.5 Å². The summed E-state index contributed by atoms with van der Waals surface area (Å²) in [7, 11) is 0. The highest BCUT2D eigenvalue weighted by atomic mass is 19.1. The van der Waals surface area contributed by atoms with Crippen LogP contribution >= 0.6 is 0 Å². The molecule has 0 spiro atoms. The molecule has 0 saturated heterocycles. The standard InChI is InChI=1S/C12H15FN4/c1-8-15-9(2)17(16-8)12(7-14)10-3-5-11(13)6-4-10/h3-6,12H,7,14H2,1-2H3. The molecule has 0 radical (unpaired) electrons. The van der Waals surface area contributed by atoms with E-state index >= 15 is 0 Å². The molecule has 1 atom stereocenters. The lowest BCUT2D eigenvalue weighted by Gasteiger charge is -2.16. The highest BCUT2D eigenvalue weighted by Crippen LogP contribution is 2.18. The van der Waals surface area contributed by atoms with Gasteiger partial charge in [0.15, 0.2) is 0 Å². The molecule has 2 rings (SSSR count). The Kier molecular flexibility index (Phi) is 3.19. The van der Waals surface area contributed by atoms with E-state index in [1.807, 2.05) is 13.8 Å². The molecular weight excluding hydrogens is 219 g/mol. The van der Waals surface area contributed by atoms with Crippen LogP contribution in [0.4, 0.5) is 4.39 Å². The van der Waals surface area contributed by atoms with E-state index in [4.69, 9.17) is 5.73 Å². The van der Waals surface area contributed by atoms with Crippen LogP contribution in [0.5, 0.6) is 0 Å². The second-order valence-corrected chi connectivity index (χ2v) is 3.95. The van der Waals surface area contributed by atoms with Crippen LogP contribution in [-0.4, -0.2) is 21.3 Å². The van der Waals surface area contributed by atoms with Gasteiger partial charge in [0.05, 0.1) is 6.04 Å². The van der Waals surface area contributed by atoms with Crippen molar-refractivity contribution in [3.8, 4) is 0 Å². The molecule has 1 aromatic heterocycles. The van der Waals surface area contributed by atoms with E-state index in [9.17, 15) is 4.39 Å². The van der Waals surface area contributed by atoms with Gasteiger partial charge in [0.25, 0.3) is 0 Å². The first kappa shape index (κ1) is 11.7. The Labute approximate surface area is 99.3 Å². The van der Waals surface area contributed by atoms with E-state index < -0.39 is 0 Å². The molecule has 2 aromatic rings. The maximum Gasteiger partial charge on any atom is 0.147 e. The van der Waals surface area contributed by atoms with Crippen molar-refractivity contribution in [2.24, 2.45) is 5.73 Å². The number of nitrogens with zero attached hydrogens (tertiary/aromatic N) is 3. The molecule has 2 N–H and O–H groups in total. The third-order valence-electron chi connectivity index (χ3n) is 2.68. The Morgan fingerprint density at radius 1 is 1.29 bits per heavy atom. The van der Waals surface area contributed by atoms with Gasteiger partial charge in [-0.25, -0.2) is 14.1 Å². The van der Waals surface area contributed by atoms with E-state index in [-0.39, 0.29) is 11.9 Å². The number of benzene rings is 1. The van der Waals surface area contributed by atoms with Gasteiger partial charge in [-0.2, -0.15) is 5.10 Å². The van der Waals surface area contributed by atoms with Gasteiger partial charge in [0.2, 0.25) is 0 Å². The van der Waals surface area contributed by atoms with Gasteiger partial charge in [0, 0.05) is 6.54 Å². The van der Waals surface area contributed by atoms with Crippen LogP contribution in [-0.2, 0) is 0 Å². The second kappa shape index (κ2) is 4.63. The molecule has 1 heterocycles. The fourth-order valence-electron chi connectivity index (χ4n) is 1.89. The number of halogens is 1. The minimum absolute atomic E-state index is 0.100. The lowest BCUT2D eigenvalue weighted by molar-refractivity contribution is 0.513. The third kappa shape index (κ3) is 2.34. The summed E-state index contributed by atoms with van der Waals surface area (Å²) in [6, 6.07) is 6.21. The van der Waals surface area contributed by atoms with Gasteiger partial charge in [-0.1, -0.05) is 12.1 Å². The molecule has 1 unspecified atom stereocenters. The Morgan fingerprint density at radius 2 is 1.94 bits per heavy atom. The van der Waals surface area contributed by atoms with Gasteiger partial charge >= 0.3 is 0 Å². The average molecular weight is 234 g/mol. The smallest absolute Gasteiger partial charge is 0.147 e. The maximum atomic E-state index is 12.9. The molecule has 0 saturated carbocycles. The predicted octanol–water partition coefficient (Wildman–Crippen LogP) is 1.58. The van der Waals surface area contributed by atoms with Crippen LogP contribution in [0.2, 0.25) is 0 Å². The van der Waals surface area contributed by atoms with Crippen LogP contribution in [0, 0.1) is 19.7 Å². The minimum Gasteiger partial charge on any atom is -0.328 e. The number of rotatable bonds is 3. The zero-order valence-electron chi connectivity index (χ0n) is 9.89. The van der Waals surface area contributed by atoms with Gasteiger partial charge < -0.3 is 5.73 Å². The highest BCUT2D eigenvalue weighted by molar-refractivity contribution is 5.21. The fraction of sp³-hybridized carbons (Fsp3) is 0.333. The van der Waals surface area contributed by atoms with Crippen molar-refractivity contribution in [3.05, 3.63) is 47.3 Å². The number of nitrogens with two attached hydrogens (primary N) is 1. The van der Waals surface area contributed by atoms with Gasteiger partial charge in [-0.3, -0.25) is 0 Å². The van der Waals surface area contributed by atoms with Crippen molar-refractivity contribution >= 4 is 0 Å². The third-order valence-corrected chi connectivity index (χ3v) is 2.68. The molecule has 90 valence electrons. The first-order valence-corrected chi connectivity index (χ1v) is 5.47. The Bertz CT molecular complexity index is 504. The van der Waals surface area contributed by atoms with Crippen molar-refractivity contribution in [2.75, 3.05) is 6.54 Å². The molecular formula is C12H15FN4. The summed E-state index contributed by atoms with van der Waals surface area (Å²) in [5.41, 5.74) is 6.70. The summed E-state index contributed by atoms with van der Waals surface area (Å²) in [4.78, 5) is 4.25. The molecule has 0 aliphatic carbocycles. The first-order valence-electron chi connectivity index (χ1n) is 5.47. The number of aromatic nitrogens is 3.